The monoisotopic (exact) mass is 220 g/mol. The Morgan fingerprint density at radius 2 is 1.21 bits per heavy atom. The largest absolute Gasteiger partial charge is 0.760 e. The van der Waals surface area contributed by atoms with Crippen molar-refractivity contribution in [3.63, 3.8) is 0 Å². The summed E-state index contributed by atoms with van der Waals surface area (Å²) in [6, 6.07) is 0.122. The zero-order chi connectivity index (χ0) is 11.5. The van der Waals surface area contributed by atoms with Gasteiger partial charge in [-0.05, 0) is 25.7 Å². The average Bonchev–Trinajstić information content (AvgIpc) is 2.03. The van der Waals surface area contributed by atoms with Crippen molar-refractivity contribution in [2.75, 3.05) is 0 Å². The van der Waals surface area contributed by atoms with Crippen LogP contribution in [0.2, 0.25) is 0 Å². The van der Waals surface area contributed by atoms with Crippen molar-refractivity contribution in [3.8, 4) is 0 Å². The van der Waals surface area contributed by atoms with Gasteiger partial charge < -0.3 is 4.55 Å². The van der Waals surface area contributed by atoms with E-state index in [2.05, 4.69) is 0 Å². The highest BCUT2D eigenvalue weighted by molar-refractivity contribution is 7.76. The van der Waals surface area contributed by atoms with Gasteiger partial charge in [0.2, 0.25) is 0 Å². The third kappa shape index (κ3) is 3.67. The van der Waals surface area contributed by atoms with E-state index in [0.717, 1.165) is 0 Å². The molecule has 0 bridgehead atoms. The zero-order valence-electron chi connectivity index (χ0n) is 9.98. The number of hydrogen-bond acceptors (Lipinski definition) is 2. The lowest BCUT2D eigenvalue weighted by Gasteiger charge is -2.39. The molecule has 0 N–H and O–H groups in total. The molecule has 14 heavy (non-hydrogen) atoms. The van der Waals surface area contributed by atoms with Gasteiger partial charge in [-0.2, -0.15) is 0 Å². The maximum Gasteiger partial charge on any atom is 0.0214 e. The minimum atomic E-state index is -2.12. The molecule has 0 aliphatic rings. The van der Waals surface area contributed by atoms with Crippen LogP contribution in [0.3, 0.4) is 0 Å². The van der Waals surface area contributed by atoms with Crippen LogP contribution >= 0.6 is 0 Å². The van der Waals surface area contributed by atoms with Gasteiger partial charge in [0, 0.05) is 23.4 Å². The molecular formula is C10H22NO2S-. The molecule has 0 radical (unpaired) electrons. The van der Waals surface area contributed by atoms with Gasteiger partial charge in [0.25, 0.3) is 0 Å². The Bertz CT molecular complexity index is 181. The molecule has 0 aromatic heterocycles. The molecule has 0 heterocycles. The van der Waals surface area contributed by atoms with E-state index in [4.69, 9.17) is 0 Å². The highest BCUT2D eigenvalue weighted by Gasteiger charge is 2.25. The highest BCUT2D eigenvalue weighted by Crippen LogP contribution is 2.19. The summed E-state index contributed by atoms with van der Waals surface area (Å²) in [5.41, 5.74) is 0. The van der Waals surface area contributed by atoms with Crippen LogP contribution in [0, 0.1) is 11.8 Å². The van der Waals surface area contributed by atoms with Gasteiger partial charge >= 0.3 is 0 Å². The average molecular weight is 220 g/mol. The third-order valence-corrected chi connectivity index (χ3v) is 3.91. The molecule has 0 saturated heterocycles. The van der Waals surface area contributed by atoms with Crippen LogP contribution in [-0.2, 0) is 11.3 Å². The quantitative estimate of drug-likeness (QED) is 0.666. The van der Waals surface area contributed by atoms with E-state index >= 15 is 0 Å². The first kappa shape index (κ1) is 14.1. The molecule has 0 amide bonds. The van der Waals surface area contributed by atoms with Gasteiger partial charge in [0.1, 0.15) is 0 Å². The summed E-state index contributed by atoms with van der Waals surface area (Å²) in [4.78, 5) is 0. The molecule has 0 spiro atoms. The van der Waals surface area contributed by atoms with Crippen molar-refractivity contribution in [2.45, 2.75) is 53.6 Å². The van der Waals surface area contributed by atoms with Gasteiger partial charge in [0.15, 0.2) is 0 Å². The van der Waals surface area contributed by atoms with Crippen molar-refractivity contribution in [1.29, 1.82) is 0 Å². The van der Waals surface area contributed by atoms with Crippen LogP contribution in [-0.4, -0.2) is 25.2 Å². The molecule has 86 valence electrons. The lowest BCUT2D eigenvalue weighted by molar-refractivity contribution is 0.187. The smallest absolute Gasteiger partial charge is 0.0214 e. The Hall–Kier alpha value is 0.0700. The van der Waals surface area contributed by atoms with E-state index < -0.39 is 11.3 Å². The first-order valence-corrected chi connectivity index (χ1v) is 6.19. The van der Waals surface area contributed by atoms with Crippen LogP contribution in [0.25, 0.3) is 0 Å². The number of rotatable bonds is 5. The van der Waals surface area contributed by atoms with Gasteiger partial charge in [-0.25, -0.2) is 4.31 Å². The van der Waals surface area contributed by atoms with E-state index in [0.29, 0.717) is 11.8 Å². The Morgan fingerprint density at radius 1 is 0.929 bits per heavy atom. The van der Waals surface area contributed by atoms with E-state index in [9.17, 15) is 8.76 Å². The summed E-state index contributed by atoms with van der Waals surface area (Å²) >= 11 is -2.12. The topological polar surface area (TPSA) is 43.4 Å². The van der Waals surface area contributed by atoms with Crippen LogP contribution in [0.1, 0.15) is 41.5 Å². The molecule has 0 aromatic rings. The minimum absolute atomic E-state index is 0.0609. The molecule has 3 nitrogen and oxygen atoms in total. The van der Waals surface area contributed by atoms with E-state index in [-0.39, 0.29) is 12.1 Å². The molecule has 3 atom stereocenters. The van der Waals surface area contributed by atoms with Crippen molar-refractivity contribution in [1.82, 2.24) is 4.31 Å². The molecule has 0 fully saturated rings. The molecular weight excluding hydrogens is 198 g/mol. The van der Waals surface area contributed by atoms with Crippen LogP contribution in [0.4, 0.5) is 0 Å². The molecule has 0 saturated carbocycles. The van der Waals surface area contributed by atoms with Crippen molar-refractivity contribution < 1.29 is 8.76 Å². The first-order chi connectivity index (χ1) is 6.29. The van der Waals surface area contributed by atoms with Crippen LogP contribution in [0.15, 0.2) is 0 Å². The second-order valence-corrected chi connectivity index (χ2v) is 5.40. The predicted octanol–water partition coefficient (Wildman–Crippen LogP) is 2.17. The number of hydrogen-bond donors (Lipinski definition) is 0. The Balaban J connectivity index is 4.68. The minimum Gasteiger partial charge on any atom is -0.760 e. The molecule has 0 aliphatic heterocycles. The molecule has 0 aliphatic carbocycles. The fraction of sp³-hybridized carbons (Fsp3) is 1.00. The third-order valence-electron chi connectivity index (χ3n) is 2.90. The SMILES string of the molecule is CC(C)C(C)N(C(C)C(C)C)S(=O)[O-]. The summed E-state index contributed by atoms with van der Waals surface area (Å²) in [5, 5.41) is 0. The van der Waals surface area contributed by atoms with E-state index in [1.807, 2.05) is 41.5 Å². The van der Waals surface area contributed by atoms with E-state index in [1.54, 1.807) is 4.31 Å². The lowest BCUT2D eigenvalue weighted by atomic mass is 10.0. The summed E-state index contributed by atoms with van der Waals surface area (Å²) in [6.07, 6.45) is 0. The fourth-order valence-corrected chi connectivity index (χ4v) is 2.26. The molecule has 0 rings (SSSR count). The van der Waals surface area contributed by atoms with Gasteiger partial charge in [-0.3, -0.25) is 4.21 Å². The Kier molecular flexibility index (Phi) is 5.86. The zero-order valence-corrected chi connectivity index (χ0v) is 10.8. The fourth-order valence-electron chi connectivity index (χ4n) is 1.23. The second kappa shape index (κ2) is 5.83. The maximum absolute atomic E-state index is 11.1. The van der Waals surface area contributed by atoms with Gasteiger partial charge in [0.05, 0.1) is 0 Å². The van der Waals surface area contributed by atoms with E-state index in [1.165, 1.54) is 0 Å². The first-order valence-electron chi connectivity index (χ1n) is 5.16. The summed E-state index contributed by atoms with van der Waals surface area (Å²) in [5.74, 6) is 0.684. The van der Waals surface area contributed by atoms with Gasteiger partial charge in [-0.15, -0.1) is 0 Å². The Labute approximate surface area is 90.3 Å². The molecule has 3 unspecified atom stereocenters. The second-order valence-electron chi connectivity index (χ2n) is 4.55. The van der Waals surface area contributed by atoms with Crippen molar-refractivity contribution in [3.05, 3.63) is 0 Å². The maximum atomic E-state index is 11.1. The summed E-state index contributed by atoms with van der Waals surface area (Å²) in [7, 11) is 0. The normalized spacial score (nSPS) is 19.0. The lowest BCUT2D eigenvalue weighted by Crippen LogP contribution is -2.46. The van der Waals surface area contributed by atoms with Crippen molar-refractivity contribution in [2.24, 2.45) is 11.8 Å². The summed E-state index contributed by atoms with van der Waals surface area (Å²) in [6.45, 7) is 12.1. The molecule has 0 aromatic carbocycles. The van der Waals surface area contributed by atoms with Gasteiger partial charge in [-0.1, -0.05) is 27.7 Å². The standard InChI is InChI=1S/C10H23NO2S/c1-7(2)9(5)11(14(12)13)10(6)8(3)4/h7-10H,1-6H3,(H,12,13)/p-1. The molecule has 4 heteroatoms. The highest BCUT2D eigenvalue weighted by atomic mass is 32.2. The number of nitrogens with zero attached hydrogens (tertiary/aromatic N) is 1. The van der Waals surface area contributed by atoms with Crippen molar-refractivity contribution >= 4 is 11.3 Å². The summed E-state index contributed by atoms with van der Waals surface area (Å²) < 4.78 is 23.8. The predicted molar refractivity (Wildman–Crippen MR) is 59.4 cm³/mol. The van der Waals surface area contributed by atoms with Crippen LogP contribution < -0.4 is 0 Å². The Morgan fingerprint density at radius 3 is 1.36 bits per heavy atom. The van der Waals surface area contributed by atoms with Crippen LogP contribution in [0.5, 0.6) is 0 Å².